The number of benzene rings is 1. The number of piperazine rings is 1. The molecule has 0 bridgehead atoms. The molecule has 3 rings (SSSR count). The Balaban J connectivity index is 1.50. The summed E-state index contributed by atoms with van der Waals surface area (Å²) < 4.78 is 0. The minimum Gasteiger partial charge on any atom is -0.384 e. The Kier molecular flexibility index (Phi) is 6.03. The van der Waals surface area contributed by atoms with Gasteiger partial charge >= 0.3 is 0 Å². The van der Waals surface area contributed by atoms with Gasteiger partial charge in [0.15, 0.2) is 0 Å². The fourth-order valence-corrected chi connectivity index (χ4v) is 3.01. The number of anilines is 1. The Labute approximate surface area is 159 Å². The third-order valence-electron chi connectivity index (χ3n) is 4.69. The van der Waals surface area contributed by atoms with Gasteiger partial charge in [0.1, 0.15) is 5.82 Å². The van der Waals surface area contributed by atoms with E-state index in [-0.39, 0.29) is 18.2 Å². The number of rotatable bonds is 5. The van der Waals surface area contributed by atoms with Crippen molar-refractivity contribution >= 4 is 17.6 Å². The zero-order chi connectivity index (χ0) is 19.2. The first-order valence-corrected chi connectivity index (χ1v) is 9.05. The second-order valence-corrected chi connectivity index (χ2v) is 6.83. The molecule has 0 radical (unpaired) electrons. The van der Waals surface area contributed by atoms with Crippen LogP contribution in [0.2, 0.25) is 0 Å². The van der Waals surface area contributed by atoms with Gasteiger partial charge in [-0.15, -0.1) is 0 Å². The van der Waals surface area contributed by atoms with Crippen molar-refractivity contribution in [3.63, 3.8) is 0 Å². The van der Waals surface area contributed by atoms with Crippen molar-refractivity contribution in [2.75, 3.05) is 39.0 Å². The molecule has 1 fully saturated rings. The molecule has 0 atom stereocenters. The Morgan fingerprint density at radius 2 is 1.78 bits per heavy atom. The lowest BCUT2D eigenvalue weighted by Crippen LogP contribution is -2.47. The second-order valence-electron chi connectivity index (χ2n) is 6.83. The summed E-state index contributed by atoms with van der Waals surface area (Å²) in [5.41, 5.74) is 8.08. The number of hydrogen-bond donors (Lipinski definition) is 2. The Hall–Kier alpha value is -2.93. The maximum Gasteiger partial charge on any atom is 0.253 e. The Bertz CT molecular complexity index is 798. The van der Waals surface area contributed by atoms with Crippen LogP contribution in [-0.4, -0.2) is 59.8 Å². The molecular formula is C20H25N5O2. The lowest BCUT2D eigenvalue weighted by molar-refractivity contribution is -0.120. The van der Waals surface area contributed by atoms with E-state index >= 15 is 0 Å². The highest BCUT2D eigenvalue weighted by molar-refractivity contribution is 5.94. The van der Waals surface area contributed by atoms with E-state index < -0.39 is 0 Å². The smallest absolute Gasteiger partial charge is 0.253 e. The van der Waals surface area contributed by atoms with Crippen molar-refractivity contribution in [2.45, 2.75) is 13.0 Å². The molecule has 1 aromatic heterocycles. The molecule has 0 saturated carbocycles. The maximum atomic E-state index is 12.5. The predicted octanol–water partition coefficient (Wildman–Crippen LogP) is 0.910. The van der Waals surface area contributed by atoms with Crippen molar-refractivity contribution in [2.24, 2.45) is 0 Å². The number of aromatic nitrogens is 1. The summed E-state index contributed by atoms with van der Waals surface area (Å²) in [6.45, 7) is 3.74. The summed E-state index contributed by atoms with van der Waals surface area (Å²) in [6.07, 6.45) is 1.85. The number of amides is 2. The molecule has 3 N–H and O–H groups in total. The summed E-state index contributed by atoms with van der Waals surface area (Å²) in [4.78, 5) is 32.6. The SMILES string of the molecule is CN1CCN(C(=O)c2ccc(CNC(=O)Cc3ccnc(N)c3)cc2)CC1. The Morgan fingerprint density at radius 1 is 1.07 bits per heavy atom. The van der Waals surface area contributed by atoms with Crippen molar-refractivity contribution < 1.29 is 9.59 Å². The van der Waals surface area contributed by atoms with E-state index in [1.54, 1.807) is 18.3 Å². The molecule has 7 nitrogen and oxygen atoms in total. The fraction of sp³-hybridized carbons (Fsp3) is 0.350. The van der Waals surface area contributed by atoms with Crippen LogP contribution >= 0.6 is 0 Å². The molecular weight excluding hydrogens is 342 g/mol. The van der Waals surface area contributed by atoms with E-state index in [1.807, 2.05) is 29.2 Å². The number of nitrogens with two attached hydrogens (primary N) is 1. The van der Waals surface area contributed by atoms with Crippen molar-refractivity contribution in [3.8, 4) is 0 Å². The number of pyridine rings is 1. The minimum absolute atomic E-state index is 0.0639. The molecule has 1 saturated heterocycles. The summed E-state index contributed by atoms with van der Waals surface area (Å²) >= 11 is 0. The van der Waals surface area contributed by atoms with Crippen LogP contribution < -0.4 is 11.1 Å². The van der Waals surface area contributed by atoms with E-state index in [0.717, 1.165) is 37.3 Å². The number of nitrogen functional groups attached to an aromatic ring is 1. The average Bonchev–Trinajstić information content (AvgIpc) is 2.67. The number of likely N-dealkylation sites (N-methyl/N-ethyl adjacent to an activating group) is 1. The van der Waals surface area contributed by atoms with Gasteiger partial charge in [-0.2, -0.15) is 0 Å². The van der Waals surface area contributed by atoms with Crippen LogP contribution in [0, 0.1) is 0 Å². The normalized spacial score (nSPS) is 14.8. The highest BCUT2D eigenvalue weighted by Crippen LogP contribution is 2.10. The number of nitrogens with one attached hydrogen (secondary N) is 1. The molecule has 1 aliphatic rings. The van der Waals surface area contributed by atoms with Gasteiger partial charge in [-0.25, -0.2) is 4.98 Å². The first-order chi connectivity index (χ1) is 13.0. The first kappa shape index (κ1) is 18.8. The van der Waals surface area contributed by atoms with Crippen LogP contribution in [0.3, 0.4) is 0 Å². The highest BCUT2D eigenvalue weighted by Gasteiger charge is 2.20. The first-order valence-electron chi connectivity index (χ1n) is 9.05. The lowest BCUT2D eigenvalue weighted by atomic mass is 10.1. The molecule has 1 aliphatic heterocycles. The largest absolute Gasteiger partial charge is 0.384 e. The van der Waals surface area contributed by atoms with Crippen LogP contribution in [0.25, 0.3) is 0 Å². The molecule has 27 heavy (non-hydrogen) atoms. The summed E-state index contributed by atoms with van der Waals surface area (Å²) in [5, 5.41) is 2.88. The number of hydrogen-bond acceptors (Lipinski definition) is 5. The van der Waals surface area contributed by atoms with Gasteiger partial charge in [0, 0.05) is 44.5 Å². The molecule has 2 aromatic rings. The third-order valence-corrected chi connectivity index (χ3v) is 4.69. The average molecular weight is 367 g/mol. The molecule has 2 amide bonds. The predicted molar refractivity (Wildman–Crippen MR) is 104 cm³/mol. The van der Waals surface area contributed by atoms with Gasteiger partial charge in [0.05, 0.1) is 6.42 Å². The van der Waals surface area contributed by atoms with Gasteiger partial charge in [-0.05, 0) is 42.4 Å². The van der Waals surface area contributed by atoms with Gasteiger partial charge in [-0.3, -0.25) is 9.59 Å². The van der Waals surface area contributed by atoms with Crippen LogP contribution in [0.5, 0.6) is 0 Å². The topological polar surface area (TPSA) is 91.6 Å². The molecule has 0 aliphatic carbocycles. The standard InChI is InChI=1S/C20H25N5O2/c1-24-8-10-25(11-9-24)20(27)17-4-2-15(3-5-17)14-23-19(26)13-16-6-7-22-18(21)12-16/h2-7,12H,8-11,13-14H2,1H3,(H2,21,22)(H,23,26). The van der Waals surface area contributed by atoms with E-state index in [1.165, 1.54) is 0 Å². The molecule has 2 heterocycles. The summed E-state index contributed by atoms with van der Waals surface area (Å²) in [6, 6.07) is 10.9. The van der Waals surface area contributed by atoms with E-state index in [2.05, 4.69) is 22.2 Å². The zero-order valence-electron chi connectivity index (χ0n) is 15.5. The van der Waals surface area contributed by atoms with Crippen molar-refractivity contribution in [3.05, 3.63) is 59.3 Å². The second kappa shape index (κ2) is 8.64. The monoisotopic (exact) mass is 367 g/mol. The number of carbonyl (C=O) groups is 2. The van der Waals surface area contributed by atoms with E-state index in [4.69, 9.17) is 5.73 Å². The van der Waals surface area contributed by atoms with Gasteiger partial charge in [0.25, 0.3) is 5.91 Å². The summed E-state index contributed by atoms with van der Waals surface area (Å²) in [5.74, 6) is 0.382. The Morgan fingerprint density at radius 3 is 2.44 bits per heavy atom. The number of carbonyl (C=O) groups excluding carboxylic acids is 2. The van der Waals surface area contributed by atoms with E-state index in [0.29, 0.717) is 17.9 Å². The maximum absolute atomic E-state index is 12.5. The zero-order valence-corrected chi connectivity index (χ0v) is 15.5. The van der Waals surface area contributed by atoms with Gasteiger partial charge in [-0.1, -0.05) is 12.1 Å². The van der Waals surface area contributed by atoms with Gasteiger partial charge < -0.3 is 20.9 Å². The quantitative estimate of drug-likeness (QED) is 0.820. The molecule has 0 unspecified atom stereocenters. The molecule has 7 heteroatoms. The molecule has 1 aromatic carbocycles. The lowest BCUT2D eigenvalue weighted by Gasteiger charge is -2.32. The van der Waals surface area contributed by atoms with Gasteiger partial charge in [0.2, 0.25) is 5.91 Å². The third kappa shape index (κ3) is 5.27. The fourth-order valence-electron chi connectivity index (χ4n) is 3.01. The van der Waals surface area contributed by atoms with Crippen LogP contribution in [0.4, 0.5) is 5.82 Å². The van der Waals surface area contributed by atoms with Crippen LogP contribution in [-0.2, 0) is 17.8 Å². The van der Waals surface area contributed by atoms with Crippen LogP contribution in [0.15, 0.2) is 42.6 Å². The number of nitrogens with zero attached hydrogens (tertiary/aromatic N) is 3. The van der Waals surface area contributed by atoms with Crippen LogP contribution in [0.1, 0.15) is 21.5 Å². The molecule has 142 valence electrons. The van der Waals surface area contributed by atoms with Crippen molar-refractivity contribution in [1.29, 1.82) is 0 Å². The minimum atomic E-state index is -0.0850. The highest BCUT2D eigenvalue weighted by atomic mass is 16.2. The summed E-state index contributed by atoms with van der Waals surface area (Å²) in [7, 11) is 2.06. The molecule has 0 spiro atoms. The van der Waals surface area contributed by atoms with Crippen molar-refractivity contribution in [1.82, 2.24) is 20.1 Å². The van der Waals surface area contributed by atoms with E-state index in [9.17, 15) is 9.59 Å².